The molecule has 1 heterocycles. The van der Waals surface area contributed by atoms with Crippen LogP contribution in [0.3, 0.4) is 0 Å². The van der Waals surface area contributed by atoms with Crippen LogP contribution in [0.5, 0.6) is 0 Å². The quantitative estimate of drug-likeness (QED) is 0.720. The zero-order valence-corrected chi connectivity index (χ0v) is 16.2. The second kappa shape index (κ2) is 10.6. The van der Waals surface area contributed by atoms with Gasteiger partial charge in [0.1, 0.15) is 0 Å². The Morgan fingerprint density at radius 1 is 1.42 bits per heavy atom. The molecule has 1 saturated heterocycles. The molecule has 1 N–H and O–H groups in total. The lowest BCUT2D eigenvalue weighted by Crippen LogP contribution is -2.50. The van der Waals surface area contributed by atoms with Gasteiger partial charge in [-0.2, -0.15) is 0 Å². The van der Waals surface area contributed by atoms with Crippen molar-refractivity contribution in [3.63, 3.8) is 0 Å². The summed E-state index contributed by atoms with van der Waals surface area (Å²) >= 11 is 0. The van der Waals surface area contributed by atoms with E-state index in [-0.39, 0.29) is 18.1 Å². The van der Waals surface area contributed by atoms with Gasteiger partial charge < -0.3 is 19.5 Å². The van der Waals surface area contributed by atoms with Crippen LogP contribution in [0, 0.1) is 6.92 Å². The number of amides is 1. The highest BCUT2D eigenvalue weighted by Crippen LogP contribution is 2.12. The first-order valence-corrected chi connectivity index (χ1v) is 9.40. The van der Waals surface area contributed by atoms with E-state index < -0.39 is 0 Å². The molecule has 6 nitrogen and oxygen atoms in total. The van der Waals surface area contributed by atoms with Crippen LogP contribution in [0.4, 0.5) is 0 Å². The summed E-state index contributed by atoms with van der Waals surface area (Å²) in [5.41, 5.74) is 1.81. The first-order chi connectivity index (χ1) is 12.5. The zero-order chi connectivity index (χ0) is 18.9. The second-order valence-corrected chi connectivity index (χ2v) is 6.92. The molecule has 0 radical (unpaired) electrons. The number of benzene rings is 1. The van der Waals surface area contributed by atoms with Crippen molar-refractivity contribution in [1.82, 2.24) is 9.80 Å². The third-order valence-corrected chi connectivity index (χ3v) is 4.74. The van der Waals surface area contributed by atoms with Crippen molar-refractivity contribution >= 4 is 5.91 Å². The third kappa shape index (κ3) is 6.36. The molecule has 2 rings (SSSR count). The van der Waals surface area contributed by atoms with Gasteiger partial charge in [0.15, 0.2) is 0 Å². The first-order valence-electron chi connectivity index (χ1n) is 9.40. The van der Waals surface area contributed by atoms with Gasteiger partial charge in [0.2, 0.25) is 0 Å². The van der Waals surface area contributed by atoms with Crippen molar-refractivity contribution in [2.45, 2.75) is 32.5 Å². The van der Waals surface area contributed by atoms with Gasteiger partial charge in [-0.3, -0.25) is 9.69 Å². The van der Waals surface area contributed by atoms with E-state index in [0.717, 1.165) is 25.1 Å². The van der Waals surface area contributed by atoms with E-state index >= 15 is 0 Å². The van der Waals surface area contributed by atoms with Crippen molar-refractivity contribution in [3.05, 3.63) is 35.4 Å². The van der Waals surface area contributed by atoms with Gasteiger partial charge in [-0.1, -0.05) is 24.6 Å². The van der Waals surface area contributed by atoms with Gasteiger partial charge in [0, 0.05) is 45.4 Å². The minimum absolute atomic E-state index is 0.00336. The summed E-state index contributed by atoms with van der Waals surface area (Å²) in [5, 5.41) is 9.89. The lowest BCUT2D eigenvalue weighted by molar-refractivity contribution is -0.0517. The van der Waals surface area contributed by atoms with E-state index in [2.05, 4.69) is 4.90 Å². The Balaban J connectivity index is 1.99. The molecule has 0 unspecified atom stereocenters. The number of carbonyl (C=O) groups is 1. The molecule has 2 atom stereocenters. The van der Waals surface area contributed by atoms with E-state index in [9.17, 15) is 9.90 Å². The summed E-state index contributed by atoms with van der Waals surface area (Å²) in [7, 11) is 1.64. The number of methoxy groups -OCH3 is 1. The van der Waals surface area contributed by atoms with Crippen molar-refractivity contribution in [2.75, 3.05) is 53.0 Å². The van der Waals surface area contributed by atoms with Crippen LogP contribution in [-0.2, 0) is 9.47 Å². The monoisotopic (exact) mass is 364 g/mol. The predicted molar refractivity (Wildman–Crippen MR) is 101 cm³/mol. The summed E-state index contributed by atoms with van der Waals surface area (Å²) in [6, 6.07) is 7.63. The standard InChI is InChI=1S/C20H32N2O4/c1-4-18(23)13-21-9-12-26-19(14-21)15-22(10-11-25-3)20(24)17-7-5-16(2)6-8-17/h5-8,18-19,23H,4,9-15H2,1-3H3/t18-,19+/m1/s1. The number of aliphatic hydroxyl groups is 1. The number of hydrogen-bond acceptors (Lipinski definition) is 5. The Bertz CT molecular complexity index is 549. The molecule has 0 aliphatic carbocycles. The Morgan fingerprint density at radius 3 is 2.81 bits per heavy atom. The number of aryl methyl sites for hydroxylation is 1. The second-order valence-electron chi connectivity index (χ2n) is 6.92. The first kappa shape index (κ1) is 20.8. The molecule has 1 aromatic carbocycles. The summed E-state index contributed by atoms with van der Waals surface area (Å²) in [6.45, 7) is 8.34. The maximum atomic E-state index is 12.9. The van der Waals surface area contributed by atoms with Crippen molar-refractivity contribution in [2.24, 2.45) is 0 Å². The number of rotatable bonds is 9. The summed E-state index contributed by atoms with van der Waals surface area (Å²) in [4.78, 5) is 16.9. The lowest BCUT2D eigenvalue weighted by Gasteiger charge is -2.36. The van der Waals surface area contributed by atoms with E-state index in [1.807, 2.05) is 38.1 Å². The van der Waals surface area contributed by atoms with E-state index in [1.165, 1.54) is 0 Å². The predicted octanol–water partition coefficient (Wildman–Crippen LogP) is 1.56. The van der Waals surface area contributed by atoms with Gasteiger partial charge in [0.25, 0.3) is 5.91 Å². The molecule has 0 saturated carbocycles. The molecule has 0 spiro atoms. The Labute approximate surface area is 156 Å². The van der Waals surface area contributed by atoms with Crippen molar-refractivity contribution in [3.8, 4) is 0 Å². The highest BCUT2D eigenvalue weighted by Gasteiger charge is 2.26. The van der Waals surface area contributed by atoms with Crippen LogP contribution in [0.25, 0.3) is 0 Å². The number of hydrogen-bond donors (Lipinski definition) is 1. The van der Waals surface area contributed by atoms with Gasteiger partial charge in [0.05, 0.1) is 25.4 Å². The van der Waals surface area contributed by atoms with Gasteiger partial charge in [-0.15, -0.1) is 0 Å². The summed E-state index contributed by atoms with van der Waals surface area (Å²) in [5.74, 6) is -0.00336. The molecule has 1 amide bonds. The molecule has 0 aromatic heterocycles. The maximum Gasteiger partial charge on any atom is 0.254 e. The largest absolute Gasteiger partial charge is 0.392 e. The average molecular weight is 364 g/mol. The van der Waals surface area contributed by atoms with Crippen molar-refractivity contribution < 1.29 is 19.4 Å². The van der Waals surface area contributed by atoms with Crippen LogP contribution < -0.4 is 0 Å². The number of aliphatic hydroxyl groups excluding tert-OH is 1. The zero-order valence-electron chi connectivity index (χ0n) is 16.2. The fraction of sp³-hybridized carbons (Fsp3) is 0.650. The fourth-order valence-electron chi connectivity index (χ4n) is 3.09. The summed E-state index contributed by atoms with van der Waals surface area (Å²) in [6.07, 6.45) is 0.375. The molecular formula is C20H32N2O4. The minimum atomic E-state index is -0.312. The molecule has 1 aliphatic heterocycles. The highest BCUT2D eigenvalue weighted by atomic mass is 16.5. The van der Waals surface area contributed by atoms with Gasteiger partial charge >= 0.3 is 0 Å². The van der Waals surface area contributed by atoms with Crippen LogP contribution >= 0.6 is 0 Å². The third-order valence-electron chi connectivity index (χ3n) is 4.74. The van der Waals surface area contributed by atoms with E-state index in [1.54, 1.807) is 12.0 Å². The van der Waals surface area contributed by atoms with E-state index in [4.69, 9.17) is 9.47 Å². The topological polar surface area (TPSA) is 62.2 Å². The molecule has 0 bridgehead atoms. The number of carbonyl (C=O) groups excluding carboxylic acids is 1. The molecule has 146 valence electrons. The average Bonchev–Trinajstić information content (AvgIpc) is 2.65. The molecule has 1 fully saturated rings. The number of nitrogens with zero attached hydrogens (tertiary/aromatic N) is 2. The number of ether oxygens (including phenoxy) is 2. The number of β-amino-alcohol motifs (C(OH)–C–C–N with tert-alkyl or cyclic N) is 1. The smallest absolute Gasteiger partial charge is 0.254 e. The lowest BCUT2D eigenvalue weighted by atomic mass is 10.1. The number of morpholine rings is 1. The van der Waals surface area contributed by atoms with Gasteiger partial charge in [-0.05, 0) is 25.5 Å². The SMILES string of the molecule is CC[C@@H](O)CN1CCO[C@H](CN(CCOC)C(=O)c2ccc(C)cc2)C1. The van der Waals surface area contributed by atoms with Gasteiger partial charge in [-0.25, -0.2) is 0 Å². The molecule has 26 heavy (non-hydrogen) atoms. The summed E-state index contributed by atoms with van der Waals surface area (Å²) < 4.78 is 11.1. The van der Waals surface area contributed by atoms with Crippen LogP contribution in [0.15, 0.2) is 24.3 Å². The fourth-order valence-corrected chi connectivity index (χ4v) is 3.09. The Morgan fingerprint density at radius 2 is 2.15 bits per heavy atom. The molecule has 1 aromatic rings. The van der Waals surface area contributed by atoms with Crippen LogP contribution in [-0.4, -0.2) is 86.1 Å². The highest BCUT2D eigenvalue weighted by molar-refractivity contribution is 5.94. The minimum Gasteiger partial charge on any atom is -0.392 e. The molecule has 6 heteroatoms. The van der Waals surface area contributed by atoms with Crippen molar-refractivity contribution in [1.29, 1.82) is 0 Å². The van der Waals surface area contributed by atoms with Crippen LogP contribution in [0.2, 0.25) is 0 Å². The maximum absolute atomic E-state index is 12.9. The normalized spacial score (nSPS) is 19.3. The molecular weight excluding hydrogens is 332 g/mol. The van der Waals surface area contributed by atoms with E-state index in [0.29, 0.717) is 38.4 Å². The Kier molecular flexibility index (Phi) is 8.51. The molecule has 1 aliphatic rings. The Hall–Kier alpha value is -1.47. The van der Waals surface area contributed by atoms with Crippen LogP contribution in [0.1, 0.15) is 29.3 Å².